The number of hydrogen-bond acceptors (Lipinski definition) is 2. The zero-order valence-corrected chi connectivity index (χ0v) is 14.4. The van der Waals surface area contributed by atoms with Crippen LogP contribution in [0.3, 0.4) is 0 Å². The summed E-state index contributed by atoms with van der Waals surface area (Å²) in [4.78, 5) is 13.5. The Morgan fingerprint density at radius 1 is 1.00 bits per heavy atom. The number of piperidine rings is 1. The van der Waals surface area contributed by atoms with Gasteiger partial charge in [0.1, 0.15) is 0 Å². The maximum absolute atomic E-state index is 12.0. The van der Waals surface area contributed by atoms with Crippen LogP contribution in [-0.4, -0.2) is 22.9 Å². The van der Waals surface area contributed by atoms with Gasteiger partial charge in [0.25, 0.3) is 0 Å². The van der Waals surface area contributed by atoms with Gasteiger partial charge in [0.05, 0.1) is 24.8 Å². The molecule has 1 aromatic heterocycles. The monoisotopic (exact) mass is 334 g/mol. The maximum Gasteiger partial charge on any atom is 0.207 e. The highest BCUT2D eigenvalue weighted by atomic mass is 16.1. The molecule has 25 heavy (non-hydrogen) atoms. The summed E-state index contributed by atoms with van der Waals surface area (Å²) >= 11 is 0. The molecule has 1 fully saturated rings. The first kappa shape index (κ1) is 16.0. The molecule has 1 N–H and O–H groups in total. The third-order valence-electron chi connectivity index (χ3n) is 5.31. The molecule has 2 heterocycles. The van der Waals surface area contributed by atoms with E-state index >= 15 is 0 Å². The van der Waals surface area contributed by atoms with Crippen LogP contribution in [0.25, 0.3) is 10.9 Å². The van der Waals surface area contributed by atoms with Crippen LogP contribution in [0.15, 0.2) is 65.6 Å². The number of fused-ring (bicyclic) bond motifs is 1. The first-order valence-corrected chi connectivity index (χ1v) is 9.12. The molecule has 0 atom stereocenters. The van der Waals surface area contributed by atoms with E-state index in [1.165, 1.54) is 44.1 Å². The van der Waals surface area contributed by atoms with Crippen LogP contribution < -0.4 is 10.3 Å². The second kappa shape index (κ2) is 7.19. The van der Waals surface area contributed by atoms with E-state index in [1.807, 2.05) is 28.9 Å². The molecule has 0 amide bonds. The molecular formula is C21H24N3O+. The van der Waals surface area contributed by atoms with Crippen molar-refractivity contribution < 1.29 is 4.90 Å². The van der Waals surface area contributed by atoms with E-state index in [4.69, 9.17) is 0 Å². The largest absolute Gasteiger partial charge is 0.316 e. The van der Waals surface area contributed by atoms with Crippen LogP contribution in [0.4, 0.5) is 0 Å². The minimum atomic E-state index is 0.00317. The van der Waals surface area contributed by atoms with Gasteiger partial charge in [-0.25, -0.2) is 4.68 Å². The van der Waals surface area contributed by atoms with Crippen molar-refractivity contribution in [3.63, 3.8) is 0 Å². The predicted molar refractivity (Wildman–Crippen MR) is 99.6 cm³/mol. The Morgan fingerprint density at radius 3 is 2.52 bits per heavy atom. The SMILES string of the molecule is O=c1cnn(C[NH+]2CCC(Cc3ccccc3)CC2)c2ccccc12. The van der Waals surface area contributed by atoms with E-state index in [-0.39, 0.29) is 5.43 Å². The van der Waals surface area contributed by atoms with E-state index in [0.29, 0.717) is 0 Å². The lowest BCUT2D eigenvalue weighted by molar-refractivity contribution is -0.929. The molecule has 0 bridgehead atoms. The molecule has 128 valence electrons. The van der Waals surface area contributed by atoms with Gasteiger partial charge in [-0.15, -0.1) is 0 Å². The molecule has 1 saturated heterocycles. The number of aromatic nitrogens is 2. The number of hydrogen-bond donors (Lipinski definition) is 1. The minimum Gasteiger partial charge on any atom is -0.316 e. The molecule has 0 aliphatic carbocycles. The van der Waals surface area contributed by atoms with Gasteiger partial charge in [-0.1, -0.05) is 42.5 Å². The highest BCUT2D eigenvalue weighted by Gasteiger charge is 2.23. The third kappa shape index (κ3) is 3.64. The molecule has 1 aliphatic rings. The summed E-state index contributed by atoms with van der Waals surface area (Å²) in [5.41, 5.74) is 2.39. The molecule has 4 heteroatoms. The van der Waals surface area contributed by atoms with E-state index in [9.17, 15) is 4.79 Å². The first-order chi connectivity index (χ1) is 12.3. The lowest BCUT2D eigenvalue weighted by atomic mass is 9.90. The van der Waals surface area contributed by atoms with Gasteiger partial charge < -0.3 is 4.90 Å². The number of quaternary nitrogens is 1. The van der Waals surface area contributed by atoms with Gasteiger partial charge in [-0.2, -0.15) is 5.10 Å². The molecule has 0 radical (unpaired) electrons. The quantitative estimate of drug-likeness (QED) is 0.791. The Bertz CT molecular complexity index is 896. The Morgan fingerprint density at radius 2 is 1.72 bits per heavy atom. The van der Waals surface area contributed by atoms with Gasteiger partial charge in [-0.3, -0.25) is 4.79 Å². The van der Waals surface area contributed by atoms with Crippen LogP contribution in [0, 0.1) is 5.92 Å². The van der Waals surface area contributed by atoms with Crippen molar-refractivity contribution in [2.75, 3.05) is 13.1 Å². The lowest BCUT2D eigenvalue weighted by Crippen LogP contribution is -3.12. The first-order valence-electron chi connectivity index (χ1n) is 9.12. The Hall–Kier alpha value is -2.46. The van der Waals surface area contributed by atoms with E-state index in [1.54, 1.807) is 4.90 Å². The van der Waals surface area contributed by atoms with Gasteiger partial charge in [0, 0.05) is 5.39 Å². The van der Waals surface area contributed by atoms with Crippen molar-refractivity contribution >= 4 is 10.9 Å². The summed E-state index contributed by atoms with van der Waals surface area (Å²) < 4.78 is 1.99. The number of para-hydroxylation sites is 1. The van der Waals surface area contributed by atoms with Gasteiger partial charge in [0.2, 0.25) is 5.43 Å². The summed E-state index contributed by atoms with van der Waals surface area (Å²) in [7, 11) is 0. The number of benzene rings is 2. The van der Waals surface area contributed by atoms with Gasteiger partial charge >= 0.3 is 0 Å². The van der Waals surface area contributed by atoms with Crippen molar-refractivity contribution in [1.29, 1.82) is 0 Å². The van der Waals surface area contributed by atoms with Crippen LogP contribution >= 0.6 is 0 Å². The zero-order chi connectivity index (χ0) is 17.1. The fourth-order valence-corrected chi connectivity index (χ4v) is 3.89. The van der Waals surface area contributed by atoms with Crippen molar-refractivity contribution in [1.82, 2.24) is 9.78 Å². The Labute approximate surface area is 147 Å². The fourth-order valence-electron chi connectivity index (χ4n) is 3.89. The number of nitrogens with one attached hydrogen (secondary N) is 1. The van der Waals surface area contributed by atoms with Gasteiger partial charge in [-0.05, 0) is 42.9 Å². The van der Waals surface area contributed by atoms with Gasteiger partial charge in [0.15, 0.2) is 6.67 Å². The molecule has 0 spiro atoms. The van der Waals surface area contributed by atoms with Crippen molar-refractivity contribution in [3.8, 4) is 0 Å². The summed E-state index contributed by atoms with van der Waals surface area (Å²) in [5.74, 6) is 0.782. The molecular weight excluding hydrogens is 310 g/mol. The topological polar surface area (TPSA) is 39.3 Å². The average Bonchev–Trinajstić information content (AvgIpc) is 2.67. The summed E-state index contributed by atoms with van der Waals surface area (Å²) in [6, 6.07) is 18.6. The second-order valence-electron chi connectivity index (χ2n) is 7.07. The Balaban J connectivity index is 1.41. The van der Waals surface area contributed by atoms with E-state index in [2.05, 4.69) is 35.4 Å². The normalized spacial score (nSPS) is 20.6. The molecule has 1 aliphatic heterocycles. The average molecular weight is 334 g/mol. The molecule has 3 aromatic rings. The maximum atomic E-state index is 12.0. The predicted octanol–water partition coefficient (Wildman–Crippen LogP) is 1.89. The van der Waals surface area contributed by atoms with Crippen LogP contribution in [0.2, 0.25) is 0 Å². The van der Waals surface area contributed by atoms with Crippen LogP contribution in [0.5, 0.6) is 0 Å². The zero-order valence-electron chi connectivity index (χ0n) is 14.4. The fraction of sp³-hybridized carbons (Fsp3) is 0.333. The highest BCUT2D eigenvalue weighted by molar-refractivity contribution is 5.77. The van der Waals surface area contributed by atoms with E-state index in [0.717, 1.165) is 23.5 Å². The minimum absolute atomic E-state index is 0.00317. The highest BCUT2D eigenvalue weighted by Crippen LogP contribution is 2.16. The molecule has 0 unspecified atom stereocenters. The third-order valence-corrected chi connectivity index (χ3v) is 5.31. The summed E-state index contributed by atoms with van der Waals surface area (Å²) in [6.45, 7) is 3.16. The standard InChI is InChI=1S/C21H23N3O/c25-21-15-22-24(20-9-5-4-8-19(20)21)16-23-12-10-18(11-13-23)14-17-6-2-1-3-7-17/h1-9,15,18H,10-14,16H2/p+1. The van der Waals surface area contributed by atoms with Crippen LogP contribution in [-0.2, 0) is 13.1 Å². The lowest BCUT2D eigenvalue weighted by Gasteiger charge is -2.29. The molecule has 4 nitrogen and oxygen atoms in total. The molecule has 4 rings (SSSR count). The van der Waals surface area contributed by atoms with Crippen molar-refractivity contribution in [3.05, 3.63) is 76.6 Å². The van der Waals surface area contributed by atoms with Crippen molar-refractivity contribution in [2.24, 2.45) is 5.92 Å². The number of nitrogens with zero attached hydrogens (tertiary/aromatic N) is 2. The molecule has 0 saturated carbocycles. The second-order valence-corrected chi connectivity index (χ2v) is 7.07. The number of likely N-dealkylation sites (tertiary alicyclic amines) is 1. The Kier molecular flexibility index (Phi) is 4.61. The summed E-state index contributed by atoms with van der Waals surface area (Å²) in [6.07, 6.45) is 5.14. The van der Waals surface area contributed by atoms with Crippen LogP contribution in [0.1, 0.15) is 18.4 Å². The van der Waals surface area contributed by atoms with E-state index < -0.39 is 0 Å². The smallest absolute Gasteiger partial charge is 0.207 e. The number of rotatable bonds is 4. The molecule has 2 aromatic carbocycles. The summed E-state index contributed by atoms with van der Waals surface area (Å²) in [5, 5.41) is 5.13. The van der Waals surface area contributed by atoms with Crippen molar-refractivity contribution in [2.45, 2.75) is 25.9 Å².